The lowest BCUT2D eigenvalue weighted by molar-refractivity contribution is 0.481. The summed E-state index contributed by atoms with van der Waals surface area (Å²) in [5.41, 5.74) is 3.28. The number of benzene rings is 1. The number of H-pyrrole nitrogens is 1. The fourth-order valence-corrected chi connectivity index (χ4v) is 3.26. The van der Waals surface area contributed by atoms with Gasteiger partial charge in [0.2, 0.25) is 0 Å². The molecule has 0 aliphatic carbocycles. The van der Waals surface area contributed by atoms with Gasteiger partial charge in [-0.05, 0) is 43.0 Å². The highest BCUT2D eigenvalue weighted by Gasteiger charge is 2.15. The van der Waals surface area contributed by atoms with Crippen LogP contribution >= 0.6 is 22.9 Å². The molecule has 0 radical (unpaired) electrons. The molecule has 3 nitrogen and oxygen atoms in total. The number of aromatic amines is 1. The Morgan fingerprint density at radius 3 is 2.75 bits per heavy atom. The zero-order chi connectivity index (χ0) is 14.1. The lowest BCUT2D eigenvalue weighted by atomic mass is 10.1. The Hall–Kier alpha value is -1.36. The first-order chi connectivity index (χ1) is 9.63. The summed E-state index contributed by atoms with van der Waals surface area (Å²) in [5, 5.41) is 5.63. The van der Waals surface area contributed by atoms with Gasteiger partial charge in [0, 0.05) is 6.04 Å². The molecule has 20 heavy (non-hydrogen) atoms. The van der Waals surface area contributed by atoms with Crippen molar-refractivity contribution in [2.45, 2.75) is 25.9 Å². The van der Waals surface area contributed by atoms with E-state index < -0.39 is 0 Å². The molecule has 0 amide bonds. The van der Waals surface area contributed by atoms with Crippen LogP contribution in [0, 0.1) is 0 Å². The van der Waals surface area contributed by atoms with E-state index in [4.69, 9.17) is 11.6 Å². The molecular formula is C15H16ClN3S. The number of imidazole rings is 1. The van der Waals surface area contributed by atoms with Crippen molar-refractivity contribution in [2.24, 2.45) is 0 Å². The number of hydrogen-bond donors (Lipinski definition) is 2. The van der Waals surface area contributed by atoms with E-state index in [1.165, 1.54) is 5.56 Å². The van der Waals surface area contributed by atoms with Gasteiger partial charge in [-0.2, -0.15) is 0 Å². The normalized spacial score (nSPS) is 14.6. The summed E-state index contributed by atoms with van der Waals surface area (Å²) in [4.78, 5) is 7.98. The van der Waals surface area contributed by atoms with E-state index in [0.29, 0.717) is 0 Å². The molecule has 0 spiro atoms. The zero-order valence-electron chi connectivity index (χ0n) is 11.4. The van der Waals surface area contributed by atoms with Gasteiger partial charge >= 0.3 is 0 Å². The summed E-state index contributed by atoms with van der Waals surface area (Å²) >= 11 is 7.55. The number of aromatic nitrogens is 2. The predicted octanol–water partition coefficient (Wildman–Crippen LogP) is 4.69. The van der Waals surface area contributed by atoms with Crippen LogP contribution in [0.5, 0.6) is 0 Å². The fraction of sp³-hybridized carbons (Fsp3) is 0.267. The van der Waals surface area contributed by atoms with Crippen LogP contribution in [0.4, 0.5) is 0 Å². The summed E-state index contributed by atoms with van der Waals surface area (Å²) in [7, 11) is 0. The van der Waals surface area contributed by atoms with E-state index in [9.17, 15) is 0 Å². The van der Waals surface area contributed by atoms with Crippen LogP contribution in [0.3, 0.4) is 0 Å². The third kappa shape index (κ3) is 2.73. The molecule has 3 aromatic rings. The Morgan fingerprint density at radius 1 is 1.25 bits per heavy atom. The van der Waals surface area contributed by atoms with E-state index in [1.807, 2.05) is 30.3 Å². The number of rotatable bonds is 4. The lowest BCUT2D eigenvalue weighted by Crippen LogP contribution is -2.23. The number of nitrogens with one attached hydrogen (secondary N) is 2. The smallest absolute Gasteiger partial charge is 0.124 e. The highest BCUT2D eigenvalue weighted by Crippen LogP contribution is 2.26. The van der Waals surface area contributed by atoms with E-state index in [2.05, 4.69) is 34.5 Å². The molecule has 2 heterocycles. The molecule has 104 valence electrons. The van der Waals surface area contributed by atoms with Gasteiger partial charge in [0.25, 0.3) is 0 Å². The van der Waals surface area contributed by atoms with Crippen molar-refractivity contribution >= 4 is 34.0 Å². The fourth-order valence-electron chi connectivity index (χ4n) is 2.28. The van der Waals surface area contributed by atoms with E-state index in [0.717, 1.165) is 21.2 Å². The van der Waals surface area contributed by atoms with Crippen LogP contribution in [0.15, 0.2) is 35.7 Å². The van der Waals surface area contributed by atoms with E-state index >= 15 is 0 Å². The van der Waals surface area contributed by atoms with Crippen LogP contribution in [-0.4, -0.2) is 9.97 Å². The average molecular weight is 306 g/mol. The minimum absolute atomic E-state index is 0.149. The molecule has 2 N–H and O–H groups in total. The molecule has 1 aromatic carbocycles. The van der Waals surface area contributed by atoms with Crippen LogP contribution < -0.4 is 5.32 Å². The third-order valence-corrected chi connectivity index (χ3v) is 4.51. The van der Waals surface area contributed by atoms with Gasteiger partial charge in [0.15, 0.2) is 0 Å². The number of halogens is 1. The summed E-state index contributed by atoms with van der Waals surface area (Å²) < 4.78 is 0.824. The molecule has 5 heteroatoms. The maximum Gasteiger partial charge on any atom is 0.124 e. The summed E-state index contributed by atoms with van der Waals surface area (Å²) in [6, 6.07) is 10.5. The minimum Gasteiger partial charge on any atom is -0.341 e. The summed E-state index contributed by atoms with van der Waals surface area (Å²) in [6.07, 6.45) is 0. The largest absolute Gasteiger partial charge is 0.341 e. The van der Waals surface area contributed by atoms with Crippen LogP contribution in [-0.2, 0) is 0 Å². The first-order valence-corrected chi connectivity index (χ1v) is 7.84. The topological polar surface area (TPSA) is 40.7 Å². The van der Waals surface area contributed by atoms with Crippen molar-refractivity contribution in [2.75, 3.05) is 0 Å². The predicted molar refractivity (Wildman–Crippen MR) is 85.4 cm³/mol. The van der Waals surface area contributed by atoms with E-state index in [-0.39, 0.29) is 12.1 Å². The van der Waals surface area contributed by atoms with Crippen molar-refractivity contribution in [3.8, 4) is 0 Å². The van der Waals surface area contributed by atoms with Crippen molar-refractivity contribution in [1.29, 1.82) is 0 Å². The summed E-state index contributed by atoms with van der Waals surface area (Å²) in [5.74, 6) is 0.958. The number of fused-ring (bicyclic) bond motifs is 1. The molecule has 0 saturated carbocycles. The van der Waals surface area contributed by atoms with Crippen molar-refractivity contribution in [3.05, 3.63) is 51.4 Å². The molecule has 0 bridgehead atoms. The number of hydrogen-bond acceptors (Lipinski definition) is 3. The molecular weight excluding hydrogens is 290 g/mol. The molecule has 3 rings (SSSR count). The number of thiophene rings is 1. The van der Waals surface area contributed by atoms with Gasteiger partial charge in [-0.15, -0.1) is 11.3 Å². The van der Waals surface area contributed by atoms with Gasteiger partial charge in [-0.25, -0.2) is 4.98 Å². The second-order valence-electron chi connectivity index (χ2n) is 4.93. The highest BCUT2D eigenvalue weighted by atomic mass is 35.5. The molecule has 2 aromatic heterocycles. The Labute approximate surface area is 127 Å². The van der Waals surface area contributed by atoms with Crippen molar-refractivity contribution in [1.82, 2.24) is 15.3 Å². The molecule has 0 aliphatic rings. The van der Waals surface area contributed by atoms with Crippen LogP contribution in [0.25, 0.3) is 11.0 Å². The highest BCUT2D eigenvalue weighted by molar-refractivity contribution is 7.14. The van der Waals surface area contributed by atoms with Gasteiger partial charge in [-0.3, -0.25) is 0 Å². The monoisotopic (exact) mass is 305 g/mol. The zero-order valence-corrected chi connectivity index (χ0v) is 12.9. The molecule has 0 saturated heterocycles. The Morgan fingerprint density at radius 2 is 2.05 bits per heavy atom. The second kappa shape index (κ2) is 5.56. The van der Waals surface area contributed by atoms with Crippen LogP contribution in [0.1, 0.15) is 37.3 Å². The van der Waals surface area contributed by atoms with Gasteiger partial charge in [0.1, 0.15) is 5.82 Å². The van der Waals surface area contributed by atoms with Gasteiger partial charge in [-0.1, -0.05) is 23.7 Å². The first-order valence-electron chi connectivity index (χ1n) is 6.58. The average Bonchev–Trinajstić information content (AvgIpc) is 3.04. The Balaban J connectivity index is 1.76. The third-order valence-electron chi connectivity index (χ3n) is 3.41. The van der Waals surface area contributed by atoms with Crippen LogP contribution in [0.2, 0.25) is 4.34 Å². The lowest BCUT2D eigenvalue weighted by Gasteiger charge is -2.17. The SMILES string of the molecule is CC(NC(C)c1nc2ccccc2[nH]1)c1csc(Cl)c1. The minimum atomic E-state index is 0.149. The number of para-hydroxylation sites is 2. The van der Waals surface area contributed by atoms with Crippen molar-refractivity contribution < 1.29 is 0 Å². The molecule has 0 fully saturated rings. The summed E-state index contributed by atoms with van der Waals surface area (Å²) in [6.45, 7) is 4.25. The standard InChI is InChI=1S/C15H16ClN3S/c1-9(11-7-14(16)20-8-11)17-10(2)15-18-12-5-3-4-6-13(12)19-15/h3-10,17H,1-2H3,(H,18,19). The Bertz CT molecular complexity index is 686. The maximum atomic E-state index is 5.98. The van der Waals surface area contributed by atoms with Gasteiger partial charge < -0.3 is 10.3 Å². The molecule has 0 aliphatic heterocycles. The quantitative estimate of drug-likeness (QED) is 0.734. The molecule has 2 unspecified atom stereocenters. The first kappa shape index (κ1) is 13.6. The molecule has 2 atom stereocenters. The Kier molecular flexibility index (Phi) is 3.78. The second-order valence-corrected chi connectivity index (χ2v) is 6.48. The number of nitrogens with zero attached hydrogens (tertiary/aromatic N) is 1. The van der Waals surface area contributed by atoms with Gasteiger partial charge in [0.05, 0.1) is 21.4 Å². The van der Waals surface area contributed by atoms with Crippen molar-refractivity contribution in [3.63, 3.8) is 0 Å². The van der Waals surface area contributed by atoms with E-state index in [1.54, 1.807) is 11.3 Å². The maximum absolute atomic E-state index is 5.98.